The number of anilines is 1. The number of imide groups is 1. The average molecular weight is 626 g/mol. The molecule has 0 radical (unpaired) electrons. The number of hydrogen-bond donors (Lipinski definition) is 1. The molecule has 8 heteroatoms. The van der Waals surface area contributed by atoms with Crippen LogP contribution in [0.5, 0.6) is 5.75 Å². The molecular formula is C29H21ClINO5. The van der Waals surface area contributed by atoms with E-state index in [0.29, 0.717) is 34.4 Å². The topological polar surface area (TPSA) is 91.8 Å². The Morgan fingerprint density at radius 2 is 1.73 bits per heavy atom. The van der Waals surface area contributed by atoms with Crippen molar-refractivity contribution in [1.82, 2.24) is 0 Å². The van der Waals surface area contributed by atoms with Crippen LogP contribution >= 0.6 is 34.2 Å². The lowest BCUT2D eigenvalue weighted by atomic mass is 9.59. The summed E-state index contributed by atoms with van der Waals surface area (Å²) < 4.78 is 0.992. The summed E-state index contributed by atoms with van der Waals surface area (Å²) in [5.74, 6) is -3.27. The molecule has 0 spiro atoms. The number of aromatic hydroxyl groups is 1. The number of phenols is 1. The second kappa shape index (κ2) is 8.77. The standard InChI is InChI=1S/C29H21ClINO5/c1-13-10-23(34)26-21(27(13)35)12-20-17(24(26)18-7-6-16(33)11-22(18)30)8-9-19-25(20)29(37)32(28(19)36)15-4-2-14(31)3-5-15/h2-8,10-11,19-20,24-25,33H,9,12H2,1H3. The van der Waals surface area contributed by atoms with Crippen LogP contribution in [0.3, 0.4) is 0 Å². The molecule has 2 aromatic carbocycles. The third-order valence-corrected chi connectivity index (χ3v) is 8.99. The zero-order valence-corrected chi connectivity index (χ0v) is 22.6. The molecule has 4 aliphatic rings. The van der Waals surface area contributed by atoms with Gasteiger partial charge in [-0.15, -0.1) is 0 Å². The van der Waals surface area contributed by atoms with E-state index in [1.54, 1.807) is 25.1 Å². The van der Waals surface area contributed by atoms with E-state index in [1.165, 1.54) is 23.1 Å². The zero-order chi connectivity index (χ0) is 26.2. The van der Waals surface area contributed by atoms with Gasteiger partial charge < -0.3 is 5.11 Å². The van der Waals surface area contributed by atoms with Crippen molar-refractivity contribution in [3.63, 3.8) is 0 Å². The minimum absolute atomic E-state index is 0.0143. The van der Waals surface area contributed by atoms with Crippen LogP contribution in [0.2, 0.25) is 5.02 Å². The Morgan fingerprint density at radius 1 is 1.00 bits per heavy atom. The smallest absolute Gasteiger partial charge is 0.238 e. The molecule has 1 heterocycles. The zero-order valence-electron chi connectivity index (χ0n) is 19.7. The van der Waals surface area contributed by atoms with Crippen LogP contribution in [0.25, 0.3) is 0 Å². The molecule has 1 saturated heterocycles. The number of benzene rings is 2. The van der Waals surface area contributed by atoms with Crippen molar-refractivity contribution in [3.05, 3.63) is 91.1 Å². The number of Topliss-reactive ketones (excluding diaryl/α,β-unsaturated/α-hetero) is 1. The van der Waals surface area contributed by atoms with Gasteiger partial charge in [0.05, 0.1) is 17.5 Å². The first-order chi connectivity index (χ1) is 17.7. The van der Waals surface area contributed by atoms with Gasteiger partial charge in [0.1, 0.15) is 5.75 Å². The Morgan fingerprint density at radius 3 is 2.43 bits per heavy atom. The van der Waals surface area contributed by atoms with Crippen LogP contribution in [0.4, 0.5) is 5.69 Å². The summed E-state index contributed by atoms with van der Waals surface area (Å²) in [5, 5.41) is 10.2. The lowest BCUT2D eigenvalue weighted by Gasteiger charge is -2.42. The summed E-state index contributed by atoms with van der Waals surface area (Å²) in [6.07, 6.45) is 3.88. The molecule has 1 fully saturated rings. The average Bonchev–Trinajstić information content (AvgIpc) is 3.12. The molecule has 3 aliphatic carbocycles. The number of allylic oxidation sites excluding steroid dienone is 6. The highest BCUT2D eigenvalue weighted by Crippen LogP contribution is 2.56. The summed E-state index contributed by atoms with van der Waals surface area (Å²) in [5.41, 5.74) is 3.05. The maximum atomic E-state index is 13.9. The molecule has 186 valence electrons. The monoisotopic (exact) mass is 625 g/mol. The summed E-state index contributed by atoms with van der Waals surface area (Å²) in [6, 6.07) is 11.8. The maximum Gasteiger partial charge on any atom is 0.238 e. The predicted molar refractivity (Wildman–Crippen MR) is 146 cm³/mol. The van der Waals surface area contributed by atoms with Crippen molar-refractivity contribution in [2.45, 2.75) is 25.7 Å². The van der Waals surface area contributed by atoms with Crippen LogP contribution in [0.15, 0.2) is 76.9 Å². The molecule has 2 aromatic rings. The highest BCUT2D eigenvalue weighted by molar-refractivity contribution is 14.1. The molecule has 6 rings (SSSR count). The molecule has 1 aliphatic heterocycles. The Balaban J connectivity index is 1.50. The SMILES string of the molecule is CC1=CC(=O)C2=C(CC3C(=CCC4C(=O)N(c5ccc(I)cc5)C(=O)C43)C2c2ccc(O)cc2Cl)C1=O. The first kappa shape index (κ1) is 24.3. The van der Waals surface area contributed by atoms with E-state index in [1.807, 2.05) is 18.2 Å². The molecular weight excluding hydrogens is 605 g/mol. The minimum Gasteiger partial charge on any atom is -0.508 e. The fourth-order valence-electron chi connectivity index (χ4n) is 6.33. The fourth-order valence-corrected chi connectivity index (χ4v) is 6.98. The van der Waals surface area contributed by atoms with E-state index >= 15 is 0 Å². The summed E-state index contributed by atoms with van der Waals surface area (Å²) >= 11 is 8.74. The number of nitrogens with zero attached hydrogens (tertiary/aromatic N) is 1. The molecule has 0 aromatic heterocycles. The molecule has 1 N–H and O–H groups in total. The van der Waals surface area contributed by atoms with E-state index in [2.05, 4.69) is 22.6 Å². The molecule has 0 bridgehead atoms. The normalized spacial score (nSPS) is 27.1. The molecule has 4 unspecified atom stereocenters. The van der Waals surface area contributed by atoms with Gasteiger partial charge >= 0.3 is 0 Å². The van der Waals surface area contributed by atoms with Gasteiger partial charge in [-0.1, -0.05) is 29.3 Å². The van der Waals surface area contributed by atoms with E-state index in [-0.39, 0.29) is 40.6 Å². The number of hydrogen-bond acceptors (Lipinski definition) is 5. The third-order valence-electron chi connectivity index (χ3n) is 7.94. The van der Waals surface area contributed by atoms with Crippen LogP contribution in [0, 0.1) is 21.3 Å². The molecule has 0 saturated carbocycles. The largest absolute Gasteiger partial charge is 0.508 e. The number of fused-ring (bicyclic) bond motifs is 3. The number of phenolic OH excluding ortho intramolecular Hbond substituents is 1. The van der Waals surface area contributed by atoms with E-state index in [4.69, 9.17) is 11.6 Å². The second-order valence-electron chi connectivity index (χ2n) is 9.92. The van der Waals surface area contributed by atoms with Crippen molar-refractivity contribution in [3.8, 4) is 5.75 Å². The van der Waals surface area contributed by atoms with Crippen LogP contribution in [-0.4, -0.2) is 28.5 Å². The number of amides is 2. The predicted octanol–water partition coefficient (Wildman–Crippen LogP) is 5.28. The highest BCUT2D eigenvalue weighted by Gasteiger charge is 2.56. The minimum atomic E-state index is -0.645. The second-order valence-corrected chi connectivity index (χ2v) is 11.6. The number of rotatable bonds is 2. The van der Waals surface area contributed by atoms with Gasteiger partial charge in [0.2, 0.25) is 11.8 Å². The summed E-state index contributed by atoms with van der Waals surface area (Å²) in [6.45, 7) is 1.62. The Kier molecular flexibility index (Phi) is 5.76. The van der Waals surface area contributed by atoms with Crippen molar-refractivity contribution < 1.29 is 24.3 Å². The number of ketones is 2. The molecule has 4 atom stereocenters. The molecule has 37 heavy (non-hydrogen) atoms. The summed E-state index contributed by atoms with van der Waals surface area (Å²) in [7, 11) is 0. The van der Waals surface area contributed by atoms with Crippen molar-refractivity contribution >= 4 is 63.3 Å². The van der Waals surface area contributed by atoms with E-state index in [9.17, 15) is 24.3 Å². The van der Waals surface area contributed by atoms with Gasteiger partial charge in [0.25, 0.3) is 0 Å². The van der Waals surface area contributed by atoms with Gasteiger partial charge in [-0.3, -0.25) is 24.1 Å². The quantitative estimate of drug-likeness (QED) is 0.212. The van der Waals surface area contributed by atoms with Gasteiger partial charge in [-0.25, -0.2) is 0 Å². The van der Waals surface area contributed by atoms with Gasteiger partial charge in [0.15, 0.2) is 11.6 Å². The summed E-state index contributed by atoms with van der Waals surface area (Å²) in [4.78, 5) is 55.2. The number of carbonyl (C=O) groups excluding carboxylic acids is 4. The van der Waals surface area contributed by atoms with Crippen molar-refractivity contribution in [2.75, 3.05) is 4.90 Å². The van der Waals surface area contributed by atoms with Crippen LogP contribution in [0.1, 0.15) is 31.2 Å². The Labute approximate surface area is 231 Å². The lowest BCUT2D eigenvalue weighted by molar-refractivity contribution is -0.123. The van der Waals surface area contributed by atoms with Crippen LogP contribution in [-0.2, 0) is 19.2 Å². The van der Waals surface area contributed by atoms with Crippen LogP contribution < -0.4 is 4.90 Å². The number of carbonyl (C=O) groups is 4. The first-order valence-electron chi connectivity index (χ1n) is 12.0. The molecule has 2 amide bonds. The van der Waals surface area contributed by atoms with E-state index < -0.39 is 23.7 Å². The van der Waals surface area contributed by atoms with Gasteiger partial charge in [-0.2, -0.15) is 0 Å². The maximum absolute atomic E-state index is 13.9. The highest BCUT2D eigenvalue weighted by atomic mass is 127. The third kappa shape index (κ3) is 3.66. The van der Waals surface area contributed by atoms with Gasteiger partial charge in [0, 0.05) is 31.2 Å². The van der Waals surface area contributed by atoms with Crippen molar-refractivity contribution in [1.29, 1.82) is 0 Å². The first-order valence-corrected chi connectivity index (χ1v) is 13.4. The Bertz CT molecular complexity index is 1520. The van der Waals surface area contributed by atoms with Gasteiger partial charge in [-0.05, 0) is 96.3 Å². The lowest BCUT2D eigenvalue weighted by Crippen LogP contribution is -2.39. The number of halogens is 2. The Hall–Kier alpha value is -3.04. The van der Waals surface area contributed by atoms with E-state index in [0.717, 1.165) is 9.14 Å². The van der Waals surface area contributed by atoms with Crippen molar-refractivity contribution in [2.24, 2.45) is 17.8 Å². The fraction of sp³-hybridized carbons (Fsp3) is 0.241. The molecule has 6 nitrogen and oxygen atoms in total.